The maximum absolute atomic E-state index is 6.55. The molecule has 2 aromatic heterocycles. The van der Waals surface area contributed by atoms with E-state index in [2.05, 4.69) is 158 Å². The highest BCUT2D eigenvalue weighted by molar-refractivity contribution is 6.23. The molecule has 8 aromatic carbocycles. The topological polar surface area (TPSA) is 26.3 Å². The van der Waals surface area contributed by atoms with Crippen LogP contribution in [0.25, 0.3) is 99.0 Å². The van der Waals surface area contributed by atoms with Gasteiger partial charge in [0.05, 0.1) is 11.6 Å². The van der Waals surface area contributed by atoms with Crippen LogP contribution >= 0.6 is 0 Å². The number of hydrogen-bond acceptors (Lipinski definition) is 2. The standard InChI is InChI=1S/C46H28O2/c1-3-12-29(13-4-1)31-16-11-17-32(26-31)43-34-18-7-9-20-36(34)44(37-21-10-8-19-35(37)43)33-22-23-39-42(27-33)48-41-25-24-38-40(28-47-46(38)45(39)41)30-14-5-2-6-15-30/h1-28H. The molecule has 0 aliphatic heterocycles. The van der Waals surface area contributed by atoms with Crippen molar-refractivity contribution in [2.75, 3.05) is 0 Å². The molecule has 0 fully saturated rings. The number of furan rings is 2. The van der Waals surface area contributed by atoms with Gasteiger partial charge in [0.25, 0.3) is 0 Å². The number of hydrogen-bond donors (Lipinski definition) is 0. The quantitative estimate of drug-likeness (QED) is 0.185. The maximum atomic E-state index is 6.55. The molecule has 0 aliphatic rings. The van der Waals surface area contributed by atoms with E-state index in [9.17, 15) is 0 Å². The summed E-state index contributed by atoms with van der Waals surface area (Å²) < 4.78 is 12.8. The SMILES string of the molecule is c1ccc(-c2cccc(-c3c4ccccc4c(-c4ccc5c(c4)oc4ccc6c(-c7ccccc7)coc6c45)c4ccccc34)c2)cc1. The summed E-state index contributed by atoms with van der Waals surface area (Å²) >= 11 is 0. The minimum Gasteiger partial charge on any atom is -0.463 e. The van der Waals surface area contributed by atoms with Crippen molar-refractivity contribution >= 4 is 54.5 Å². The van der Waals surface area contributed by atoms with E-state index in [4.69, 9.17) is 8.83 Å². The van der Waals surface area contributed by atoms with Crippen LogP contribution in [0.3, 0.4) is 0 Å². The molecule has 0 bridgehead atoms. The van der Waals surface area contributed by atoms with Gasteiger partial charge in [0.15, 0.2) is 0 Å². The summed E-state index contributed by atoms with van der Waals surface area (Å²) in [5.74, 6) is 0. The van der Waals surface area contributed by atoms with Crippen molar-refractivity contribution in [1.29, 1.82) is 0 Å². The highest BCUT2D eigenvalue weighted by Gasteiger charge is 2.20. The Morgan fingerprint density at radius 2 is 0.875 bits per heavy atom. The molecule has 10 rings (SSSR count). The Balaban J connectivity index is 1.19. The second-order valence-electron chi connectivity index (χ2n) is 12.4. The molecule has 2 heteroatoms. The van der Waals surface area contributed by atoms with E-state index < -0.39 is 0 Å². The molecule has 0 radical (unpaired) electrons. The van der Waals surface area contributed by atoms with Crippen LogP contribution in [0.4, 0.5) is 0 Å². The number of benzene rings is 8. The van der Waals surface area contributed by atoms with Gasteiger partial charge in [0.1, 0.15) is 16.7 Å². The van der Waals surface area contributed by atoms with Gasteiger partial charge in [-0.05, 0) is 90.8 Å². The summed E-state index contributed by atoms with van der Waals surface area (Å²) in [4.78, 5) is 0. The van der Waals surface area contributed by atoms with Crippen LogP contribution in [0.1, 0.15) is 0 Å². The molecule has 2 nitrogen and oxygen atoms in total. The van der Waals surface area contributed by atoms with Gasteiger partial charge in [-0.2, -0.15) is 0 Å². The zero-order valence-electron chi connectivity index (χ0n) is 26.0. The van der Waals surface area contributed by atoms with Crippen LogP contribution in [0.15, 0.2) is 179 Å². The van der Waals surface area contributed by atoms with Crippen molar-refractivity contribution in [1.82, 2.24) is 0 Å². The molecule has 2 heterocycles. The fourth-order valence-corrected chi connectivity index (χ4v) is 7.58. The molecule has 0 amide bonds. The average Bonchev–Trinajstić information content (AvgIpc) is 3.76. The summed E-state index contributed by atoms with van der Waals surface area (Å²) in [5.41, 5.74) is 12.0. The Bertz CT molecular complexity index is 2760. The first-order valence-corrected chi connectivity index (χ1v) is 16.3. The lowest BCUT2D eigenvalue weighted by atomic mass is 9.85. The normalized spacial score (nSPS) is 11.8. The molecule has 0 saturated heterocycles. The summed E-state index contributed by atoms with van der Waals surface area (Å²) in [6.45, 7) is 0. The predicted octanol–water partition coefficient (Wildman–Crippen LogP) is 13.3. The lowest BCUT2D eigenvalue weighted by Gasteiger charge is -2.18. The zero-order valence-corrected chi connectivity index (χ0v) is 26.0. The Morgan fingerprint density at radius 1 is 0.333 bits per heavy atom. The van der Waals surface area contributed by atoms with Crippen molar-refractivity contribution in [3.63, 3.8) is 0 Å². The Morgan fingerprint density at radius 3 is 1.54 bits per heavy atom. The third kappa shape index (κ3) is 4.06. The van der Waals surface area contributed by atoms with E-state index in [1.807, 2.05) is 12.3 Å². The van der Waals surface area contributed by atoms with Gasteiger partial charge in [-0.3, -0.25) is 0 Å². The lowest BCUT2D eigenvalue weighted by Crippen LogP contribution is -1.91. The highest BCUT2D eigenvalue weighted by atomic mass is 16.3. The summed E-state index contributed by atoms with van der Waals surface area (Å²) in [6.07, 6.45) is 1.86. The molecule has 48 heavy (non-hydrogen) atoms. The maximum Gasteiger partial charge on any atom is 0.146 e. The molecule has 0 unspecified atom stereocenters. The Hall–Kier alpha value is -6.38. The summed E-state index contributed by atoms with van der Waals surface area (Å²) in [7, 11) is 0. The van der Waals surface area contributed by atoms with Crippen LogP contribution in [0.2, 0.25) is 0 Å². The van der Waals surface area contributed by atoms with Crippen molar-refractivity contribution in [3.05, 3.63) is 170 Å². The molecule has 0 saturated carbocycles. The van der Waals surface area contributed by atoms with Crippen LogP contribution < -0.4 is 0 Å². The van der Waals surface area contributed by atoms with Gasteiger partial charge in [-0.1, -0.05) is 133 Å². The van der Waals surface area contributed by atoms with E-state index in [-0.39, 0.29) is 0 Å². The second kappa shape index (κ2) is 10.6. The van der Waals surface area contributed by atoms with Gasteiger partial charge in [-0.25, -0.2) is 0 Å². The first kappa shape index (κ1) is 26.8. The Labute approximate surface area is 277 Å². The number of fused-ring (bicyclic) bond motifs is 7. The molecule has 10 aromatic rings. The van der Waals surface area contributed by atoms with E-state index >= 15 is 0 Å². The predicted molar refractivity (Wildman–Crippen MR) is 200 cm³/mol. The van der Waals surface area contributed by atoms with E-state index in [0.717, 1.165) is 49.6 Å². The van der Waals surface area contributed by atoms with Crippen molar-refractivity contribution in [3.8, 4) is 44.5 Å². The molecule has 0 atom stereocenters. The third-order valence-corrected chi connectivity index (χ3v) is 9.74. The number of rotatable bonds is 4. The lowest BCUT2D eigenvalue weighted by molar-refractivity contribution is 0.619. The van der Waals surface area contributed by atoms with Gasteiger partial charge < -0.3 is 8.83 Å². The largest absolute Gasteiger partial charge is 0.463 e. The van der Waals surface area contributed by atoms with Gasteiger partial charge >= 0.3 is 0 Å². The highest BCUT2D eigenvalue weighted by Crippen LogP contribution is 2.46. The molecular formula is C46H28O2. The molecule has 0 N–H and O–H groups in total. The third-order valence-electron chi connectivity index (χ3n) is 9.74. The van der Waals surface area contributed by atoms with Crippen molar-refractivity contribution in [2.45, 2.75) is 0 Å². The molecule has 224 valence electrons. The molecule has 0 aliphatic carbocycles. The first-order chi connectivity index (χ1) is 23.8. The van der Waals surface area contributed by atoms with Crippen LogP contribution in [0, 0.1) is 0 Å². The summed E-state index contributed by atoms with van der Waals surface area (Å²) in [6, 6.07) is 58.3. The monoisotopic (exact) mass is 612 g/mol. The fraction of sp³-hybridized carbons (Fsp3) is 0. The van der Waals surface area contributed by atoms with Gasteiger partial charge in [0, 0.05) is 16.3 Å². The minimum absolute atomic E-state index is 0.826. The summed E-state index contributed by atoms with van der Waals surface area (Å²) in [5, 5.41) is 8.04. The van der Waals surface area contributed by atoms with Crippen LogP contribution in [-0.2, 0) is 0 Å². The zero-order chi connectivity index (χ0) is 31.6. The van der Waals surface area contributed by atoms with E-state index in [0.29, 0.717) is 0 Å². The van der Waals surface area contributed by atoms with Gasteiger partial charge in [0.2, 0.25) is 0 Å². The fourth-order valence-electron chi connectivity index (χ4n) is 7.58. The second-order valence-corrected chi connectivity index (χ2v) is 12.4. The Kier molecular flexibility index (Phi) is 5.91. The molecule has 0 spiro atoms. The van der Waals surface area contributed by atoms with E-state index in [1.54, 1.807) is 0 Å². The van der Waals surface area contributed by atoms with Crippen molar-refractivity contribution < 1.29 is 8.83 Å². The smallest absolute Gasteiger partial charge is 0.146 e. The van der Waals surface area contributed by atoms with Crippen molar-refractivity contribution in [2.24, 2.45) is 0 Å². The molecular weight excluding hydrogens is 585 g/mol. The average molecular weight is 613 g/mol. The van der Waals surface area contributed by atoms with Gasteiger partial charge in [-0.15, -0.1) is 0 Å². The minimum atomic E-state index is 0.826. The van der Waals surface area contributed by atoms with Crippen LogP contribution in [-0.4, -0.2) is 0 Å². The first-order valence-electron chi connectivity index (χ1n) is 16.3. The van der Waals surface area contributed by atoms with Crippen LogP contribution in [0.5, 0.6) is 0 Å². The van der Waals surface area contributed by atoms with E-state index in [1.165, 1.54) is 49.4 Å².